The Kier molecular flexibility index (Phi) is 3.03. The van der Waals surface area contributed by atoms with Gasteiger partial charge in [0, 0.05) is 26.2 Å². The number of hydrogen-bond donors (Lipinski definition) is 0. The van der Waals surface area contributed by atoms with E-state index in [0.717, 1.165) is 19.3 Å². The lowest BCUT2D eigenvalue weighted by Gasteiger charge is -2.43. The SMILES string of the molecule is Cc1cc(C(=O)N2CCCCC23CC(=O)N(C)C3)no1. The molecule has 0 saturated carbocycles. The summed E-state index contributed by atoms with van der Waals surface area (Å²) < 4.78 is 4.99. The first-order chi connectivity index (χ1) is 9.52. The molecule has 1 spiro atoms. The maximum absolute atomic E-state index is 12.7. The highest BCUT2D eigenvalue weighted by Gasteiger charge is 2.49. The minimum absolute atomic E-state index is 0.112. The predicted octanol–water partition coefficient (Wildman–Crippen LogP) is 1.21. The van der Waals surface area contributed by atoms with Crippen molar-refractivity contribution in [2.45, 2.75) is 38.1 Å². The summed E-state index contributed by atoms with van der Waals surface area (Å²) >= 11 is 0. The average Bonchev–Trinajstić information content (AvgIpc) is 2.95. The predicted molar refractivity (Wildman–Crippen MR) is 71.1 cm³/mol. The second kappa shape index (κ2) is 4.61. The quantitative estimate of drug-likeness (QED) is 0.774. The Balaban J connectivity index is 1.90. The topological polar surface area (TPSA) is 66.7 Å². The van der Waals surface area contributed by atoms with E-state index in [4.69, 9.17) is 4.52 Å². The first-order valence-electron chi connectivity index (χ1n) is 7.01. The molecule has 1 aromatic heterocycles. The van der Waals surface area contributed by atoms with Crippen LogP contribution in [-0.4, -0.2) is 52.4 Å². The molecule has 3 heterocycles. The van der Waals surface area contributed by atoms with Gasteiger partial charge in [-0.25, -0.2) is 0 Å². The van der Waals surface area contributed by atoms with Crippen LogP contribution in [0.5, 0.6) is 0 Å². The van der Waals surface area contributed by atoms with Crippen molar-refractivity contribution in [3.63, 3.8) is 0 Å². The molecule has 0 aliphatic carbocycles. The molecule has 0 aromatic carbocycles. The lowest BCUT2D eigenvalue weighted by Crippen LogP contribution is -2.56. The standard InChI is InChI=1S/C14H19N3O3/c1-10-7-11(15-20-10)13(19)17-6-4-3-5-14(17)8-12(18)16(2)9-14/h7H,3-6,8-9H2,1-2H3. The largest absolute Gasteiger partial charge is 0.361 e. The minimum atomic E-state index is -0.353. The molecular formula is C14H19N3O3. The fourth-order valence-corrected chi connectivity index (χ4v) is 3.37. The lowest BCUT2D eigenvalue weighted by atomic mass is 9.85. The highest BCUT2D eigenvalue weighted by molar-refractivity contribution is 5.94. The van der Waals surface area contributed by atoms with E-state index in [0.29, 0.717) is 31.0 Å². The molecule has 1 atom stereocenters. The number of likely N-dealkylation sites (N-methyl/N-ethyl adjacent to an activating group) is 1. The van der Waals surface area contributed by atoms with Crippen LogP contribution in [0.2, 0.25) is 0 Å². The Hall–Kier alpha value is -1.85. The van der Waals surface area contributed by atoms with Gasteiger partial charge in [0.25, 0.3) is 5.91 Å². The van der Waals surface area contributed by atoms with Crippen LogP contribution < -0.4 is 0 Å². The monoisotopic (exact) mass is 277 g/mol. The number of carbonyl (C=O) groups is 2. The molecule has 1 aromatic rings. The van der Waals surface area contributed by atoms with E-state index in [1.807, 2.05) is 4.90 Å². The van der Waals surface area contributed by atoms with E-state index in [1.165, 1.54) is 0 Å². The zero-order valence-corrected chi connectivity index (χ0v) is 11.9. The Labute approximate surface area is 117 Å². The molecule has 6 nitrogen and oxygen atoms in total. The van der Waals surface area contributed by atoms with Gasteiger partial charge in [0.1, 0.15) is 5.76 Å². The van der Waals surface area contributed by atoms with Crippen molar-refractivity contribution >= 4 is 11.8 Å². The van der Waals surface area contributed by atoms with Crippen LogP contribution in [0, 0.1) is 6.92 Å². The van der Waals surface area contributed by atoms with Gasteiger partial charge in [0.05, 0.1) is 12.0 Å². The molecule has 2 aliphatic heterocycles. The van der Waals surface area contributed by atoms with Crippen molar-refractivity contribution in [1.82, 2.24) is 15.0 Å². The molecule has 0 bridgehead atoms. The molecule has 6 heteroatoms. The van der Waals surface area contributed by atoms with Crippen molar-refractivity contribution < 1.29 is 14.1 Å². The molecule has 0 N–H and O–H groups in total. The second-order valence-electron chi connectivity index (χ2n) is 5.89. The fourth-order valence-electron chi connectivity index (χ4n) is 3.37. The maximum Gasteiger partial charge on any atom is 0.276 e. The van der Waals surface area contributed by atoms with Crippen LogP contribution in [-0.2, 0) is 4.79 Å². The molecule has 108 valence electrons. The highest BCUT2D eigenvalue weighted by atomic mass is 16.5. The summed E-state index contributed by atoms with van der Waals surface area (Å²) in [5.74, 6) is 0.615. The third kappa shape index (κ3) is 1.99. The highest BCUT2D eigenvalue weighted by Crippen LogP contribution is 2.37. The number of nitrogens with zero attached hydrogens (tertiary/aromatic N) is 3. The van der Waals surface area contributed by atoms with E-state index in [-0.39, 0.29) is 17.4 Å². The third-order valence-corrected chi connectivity index (χ3v) is 4.38. The Morgan fingerprint density at radius 3 is 2.85 bits per heavy atom. The number of hydrogen-bond acceptors (Lipinski definition) is 4. The zero-order chi connectivity index (χ0) is 14.3. The smallest absolute Gasteiger partial charge is 0.276 e. The fraction of sp³-hybridized carbons (Fsp3) is 0.643. The van der Waals surface area contributed by atoms with Crippen LogP contribution in [0.15, 0.2) is 10.6 Å². The molecule has 20 heavy (non-hydrogen) atoms. The zero-order valence-electron chi connectivity index (χ0n) is 11.9. The molecule has 0 radical (unpaired) electrons. The third-order valence-electron chi connectivity index (χ3n) is 4.38. The Bertz CT molecular complexity index is 554. The lowest BCUT2D eigenvalue weighted by molar-refractivity contribution is -0.126. The van der Waals surface area contributed by atoms with Crippen molar-refractivity contribution in [1.29, 1.82) is 0 Å². The first kappa shape index (κ1) is 13.1. The summed E-state index contributed by atoms with van der Waals surface area (Å²) in [5.41, 5.74) is -0.0145. The van der Waals surface area contributed by atoms with Crippen molar-refractivity contribution in [2.75, 3.05) is 20.1 Å². The number of carbonyl (C=O) groups excluding carboxylic acids is 2. The van der Waals surface area contributed by atoms with Crippen LogP contribution in [0.4, 0.5) is 0 Å². The summed E-state index contributed by atoms with van der Waals surface area (Å²) in [4.78, 5) is 28.1. The van der Waals surface area contributed by atoms with Gasteiger partial charge in [-0.2, -0.15) is 0 Å². The molecule has 2 amide bonds. The van der Waals surface area contributed by atoms with Gasteiger partial charge in [0.2, 0.25) is 5.91 Å². The van der Waals surface area contributed by atoms with Crippen LogP contribution in [0.1, 0.15) is 41.9 Å². The summed E-state index contributed by atoms with van der Waals surface area (Å²) in [6, 6.07) is 1.66. The summed E-state index contributed by atoms with van der Waals surface area (Å²) in [5, 5.41) is 3.82. The minimum Gasteiger partial charge on any atom is -0.361 e. The summed E-state index contributed by atoms with van der Waals surface area (Å²) in [6.45, 7) is 3.07. The van der Waals surface area contributed by atoms with Gasteiger partial charge < -0.3 is 14.3 Å². The molecule has 2 fully saturated rings. The van der Waals surface area contributed by atoms with E-state index in [2.05, 4.69) is 5.16 Å². The average molecular weight is 277 g/mol. The van der Waals surface area contributed by atoms with Crippen molar-refractivity contribution in [3.8, 4) is 0 Å². The normalized spacial score (nSPS) is 26.6. The van der Waals surface area contributed by atoms with E-state index in [1.54, 1.807) is 24.9 Å². The molecule has 2 saturated heterocycles. The van der Waals surface area contributed by atoms with Crippen LogP contribution in [0.3, 0.4) is 0 Å². The molecular weight excluding hydrogens is 258 g/mol. The summed E-state index contributed by atoms with van der Waals surface area (Å²) in [7, 11) is 1.80. The van der Waals surface area contributed by atoms with Gasteiger partial charge in [-0.1, -0.05) is 5.16 Å². The number of amides is 2. The molecule has 2 aliphatic rings. The van der Waals surface area contributed by atoms with Crippen molar-refractivity contribution in [2.24, 2.45) is 0 Å². The molecule has 1 unspecified atom stereocenters. The van der Waals surface area contributed by atoms with Gasteiger partial charge in [-0.05, 0) is 26.2 Å². The van der Waals surface area contributed by atoms with Crippen molar-refractivity contribution in [3.05, 3.63) is 17.5 Å². The number of aromatic nitrogens is 1. The summed E-state index contributed by atoms with van der Waals surface area (Å²) in [6.07, 6.45) is 3.34. The molecule has 3 rings (SSSR count). The van der Waals surface area contributed by atoms with Gasteiger partial charge in [-0.3, -0.25) is 9.59 Å². The second-order valence-corrected chi connectivity index (χ2v) is 5.89. The van der Waals surface area contributed by atoms with E-state index in [9.17, 15) is 9.59 Å². The van der Waals surface area contributed by atoms with E-state index < -0.39 is 0 Å². The Morgan fingerprint density at radius 1 is 1.45 bits per heavy atom. The number of likely N-dealkylation sites (tertiary alicyclic amines) is 2. The number of piperidine rings is 1. The number of aryl methyl sites for hydroxylation is 1. The van der Waals surface area contributed by atoms with Crippen LogP contribution in [0.25, 0.3) is 0 Å². The Morgan fingerprint density at radius 2 is 2.25 bits per heavy atom. The number of rotatable bonds is 1. The first-order valence-corrected chi connectivity index (χ1v) is 7.01. The van der Waals surface area contributed by atoms with Gasteiger partial charge in [0.15, 0.2) is 5.69 Å². The van der Waals surface area contributed by atoms with E-state index >= 15 is 0 Å². The van der Waals surface area contributed by atoms with Crippen LogP contribution >= 0.6 is 0 Å². The van der Waals surface area contributed by atoms with Gasteiger partial charge >= 0.3 is 0 Å². The maximum atomic E-state index is 12.7. The van der Waals surface area contributed by atoms with Gasteiger partial charge in [-0.15, -0.1) is 0 Å².